The number of rotatable bonds is 5. The van der Waals surface area contributed by atoms with E-state index in [1.54, 1.807) is 0 Å². The van der Waals surface area contributed by atoms with Gasteiger partial charge in [0.25, 0.3) is 0 Å². The number of benzene rings is 1. The van der Waals surface area contributed by atoms with Gasteiger partial charge in [0.1, 0.15) is 0 Å². The van der Waals surface area contributed by atoms with Crippen molar-refractivity contribution in [2.75, 3.05) is 13.2 Å². The first-order valence-electron chi connectivity index (χ1n) is 6.31. The number of amides is 2. The number of nitrogens with two attached hydrogens (primary N) is 1. The average Bonchev–Trinajstić information content (AvgIpc) is 2.35. The summed E-state index contributed by atoms with van der Waals surface area (Å²) in [7, 11) is 0. The van der Waals surface area contributed by atoms with Crippen LogP contribution in [0.3, 0.4) is 0 Å². The van der Waals surface area contributed by atoms with Crippen LogP contribution in [0.2, 0.25) is 0 Å². The second kappa shape index (κ2) is 5.95. The Balaban J connectivity index is 1.70. The molecule has 5 heteroatoms. The van der Waals surface area contributed by atoms with Crippen molar-refractivity contribution in [2.45, 2.75) is 24.8 Å². The Hall–Kier alpha value is -1.72. The van der Waals surface area contributed by atoms with E-state index in [2.05, 4.69) is 5.32 Å². The Kier molecular flexibility index (Phi) is 4.29. The second-order valence-corrected chi connectivity index (χ2v) is 4.99. The van der Waals surface area contributed by atoms with E-state index in [4.69, 9.17) is 10.5 Å². The molecular weight excluding hydrogens is 244 g/mol. The molecular formula is C14H18N2O3. The van der Waals surface area contributed by atoms with E-state index in [0.29, 0.717) is 26.1 Å². The molecule has 0 spiro atoms. The van der Waals surface area contributed by atoms with Gasteiger partial charge in [0.05, 0.1) is 18.8 Å². The van der Waals surface area contributed by atoms with Crippen LogP contribution < -0.4 is 11.1 Å². The lowest BCUT2D eigenvalue weighted by molar-refractivity contribution is -0.134. The van der Waals surface area contributed by atoms with E-state index in [0.717, 1.165) is 5.56 Å². The Morgan fingerprint density at radius 3 is 2.47 bits per heavy atom. The number of carbonyl (C=O) groups is 2. The maximum atomic E-state index is 11.6. The fourth-order valence-corrected chi connectivity index (χ4v) is 1.95. The topological polar surface area (TPSA) is 81.4 Å². The first-order valence-corrected chi connectivity index (χ1v) is 6.31. The van der Waals surface area contributed by atoms with Crippen molar-refractivity contribution in [2.24, 2.45) is 5.73 Å². The third-order valence-electron chi connectivity index (χ3n) is 3.05. The van der Waals surface area contributed by atoms with E-state index < -0.39 is 5.54 Å². The molecule has 19 heavy (non-hydrogen) atoms. The summed E-state index contributed by atoms with van der Waals surface area (Å²) in [5, 5.41) is 2.36. The van der Waals surface area contributed by atoms with Gasteiger partial charge in [-0.25, -0.2) is 0 Å². The molecule has 0 aliphatic carbocycles. The summed E-state index contributed by atoms with van der Waals surface area (Å²) in [4.78, 5) is 23.2. The van der Waals surface area contributed by atoms with E-state index in [1.807, 2.05) is 30.3 Å². The van der Waals surface area contributed by atoms with Crippen LogP contribution in [-0.4, -0.2) is 30.6 Å². The number of nitrogens with one attached hydrogen (secondary N) is 1. The molecule has 1 aromatic carbocycles. The normalized spacial score (nSPS) is 16.5. The molecule has 2 amide bonds. The fraction of sp³-hybridized carbons (Fsp3) is 0.429. The number of ether oxygens (including phenoxy) is 1. The van der Waals surface area contributed by atoms with Crippen molar-refractivity contribution in [1.82, 2.24) is 5.32 Å². The predicted molar refractivity (Wildman–Crippen MR) is 70.3 cm³/mol. The van der Waals surface area contributed by atoms with Gasteiger partial charge < -0.3 is 10.5 Å². The van der Waals surface area contributed by atoms with Crippen LogP contribution in [0.15, 0.2) is 30.3 Å². The van der Waals surface area contributed by atoms with Crippen molar-refractivity contribution in [3.63, 3.8) is 0 Å². The highest BCUT2D eigenvalue weighted by molar-refractivity contribution is 5.95. The molecule has 1 fully saturated rings. The number of hydrogen-bond donors (Lipinski definition) is 2. The van der Waals surface area contributed by atoms with E-state index in [9.17, 15) is 9.59 Å². The van der Waals surface area contributed by atoms with Gasteiger partial charge in [-0.2, -0.15) is 0 Å². The van der Waals surface area contributed by atoms with Gasteiger partial charge in [-0.1, -0.05) is 30.3 Å². The van der Waals surface area contributed by atoms with Crippen LogP contribution in [0.4, 0.5) is 0 Å². The van der Waals surface area contributed by atoms with Crippen LogP contribution in [0.1, 0.15) is 18.4 Å². The predicted octanol–water partition coefficient (Wildman–Crippen LogP) is 0.380. The van der Waals surface area contributed by atoms with Gasteiger partial charge >= 0.3 is 0 Å². The molecule has 1 aliphatic heterocycles. The molecule has 2 rings (SSSR count). The first kappa shape index (κ1) is 13.7. The first-order chi connectivity index (χ1) is 9.07. The van der Waals surface area contributed by atoms with Gasteiger partial charge in [-0.3, -0.25) is 14.9 Å². The molecule has 1 aliphatic rings. The maximum Gasteiger partial charge on any atom is 0.228 e. The van der Waals surface area contributed by atoms with E-state index in [1.165, 1.54) is 0 Å². The quantitative estimate of drug-likeness (QED) is 0.803. The summed E-state index contributed by atoms with van der Waals surface area (Å²) in [5.74, 6) is -0.596. The van der Waals surface area contributed by atoms with Crippen LogP contribution in [0.25, 0.3) is 0 Å². The van der Waals surface area contributed by atoms with Crippen molar-refractivity contribution < 1.29 is 14.3 Å². The molecule has 1 aromatic rings. The lowest BCUT2D eigenvalue weighted by atomic mass is 9.94. The van der Waals surface area contributed by atoms with Crippen LogP contribution in [0.5, 0.6) is 0 Å². The molecule has 1 heterocycles. The second-order valence-electron chi connectivity index (χ2n) is 4.99. The zero-order valence-electron chi connectivity index (χ0n) is 10.7. The van der Waals surface area contributed by atoms with Crippen LogP contribution in [-0.2, 0) is 20.7 Å². The molecule has 0 aromatic heterocycles. The van der Waals surface area contributed by atoms with Gasteiger partial charge in [0.15, 0.2) is 0 Å². The SMILES string of the molecule is NC1(CC(=O)NC(=O)CCc2ccccc2)COC1. The maximum absolute atomic E-state index is 11.6. The Bertz CT molecular complexity index is 455. The number of hydrogen-bond acceptors (Lipinski definition) is 4. The smallest absolute Gasteiger partial charge is 0.228 e. The zero-order valence-corrected chi connectivity index (χ0v) is 10.7. The molecule has 102 valence electrons. The minimum atomic E-state index is -0.593. The molecule has 0 bridgehead atoms. The highest BCUT2D eigenvalue weighted by Crippen LogP contribution is 2.17. The van der Waals surface area contributed by atoms with Gasteiger partial charge in [0.2, 0.25) is 11.8 Å². The molecule has 0 atom stereocenters. The third kappa shape index (κ3) is 4.15. The average molecular weight is 262 g/mol. The molecule has 0 unspecified atom stereocenters. The zero-order chi connectivity index (χ0) is 13.7. The minimum Gasteiger partial charge on any atom is -0.377 e. The molecule has 0 radical (unpaired) electrons. The highest BCUT2D eigenvalue weighted by atomic mass is 16.5. The fourth-order valence-electron chi connectivity index (χ4n) is 1.95. The molecule has 5 nitrogen and oxygen atoms in total. The summed E-state index contributed by atoms with van der Waals surface area (Å²) >= 11 is 0. The highest BCUT2D eigenvalue weighted by Gasteiger charge is 2.36. The summed E-state index contributed by atoms with van der Waals surface area (Å²) in [6, 6.07) is 9.68. The van der Waals surface area contributed by atoms with Crippen molar-refractivity contribution >= 4 is 11.8 Å². The summed E-state index contributed by atoms with van der Waals surface area (Å²) < 4.78 is 4.96. The number of aryl methyl sites for hydroxylation is 1. The van der Waals surface area contributed by atoms with Crippen molar-refractivity contribution in [3.8, 4) is 0 Å². The lowest BCUT2D eigenvalue weighted by Gasteiger charge is -2.36. The molecule has 0 saturated carbocycles. The number of imide groups is 1. The number of carbonyl (C=O) groups excluding carboxylic acids is 2. The lowest BCUT2D eigenvalue weighted by Crippen LogP contribution is -2.59. The summed E-state index contributed by atoms with van der Waals surface area (Å²) in [6.07, 6.45) is 1.05. The third-order valence-corrected chi connectivity index (χ3v) is 3.05. The Morgan fingerprint density at radius 1 is 1.21 bits per heavy atom. The van der Waals surface area contributed by atoms with Crippen molar-refractivity contribution in [1.29, 1.82) is 0 Å². The molecule has 1 saturated heterocycles. The van der Waals surface area contributed by atoms with E-state index in [-0.39, 0.29) is 18.2 Å². The minimum absolute atomic E-state index is 0.129. The summed E-state index contributed by atoms with van der Waals surface area (Å²) in [6.45, 7) is 0.747. The van der Waals surface area contributed by atoms with Crippen molar-refractivity contribution in [3.05, 3.63) is 35.9 Å². The monoisotopic (exact) mass is 262 g/mol. The largest absolute Gasteiger partial charge is 0.377 e. The van der Waals surface area contributed by atoms with Gasteiger partial charge in [-0.15, -0.1) is 0 Å². The Labute approximate surface area is 112 Å². The van der Waals surface area contributed by atoms with Crippen LogP contribution >= 0.6 is 0 Å². The van der Waals surface area contributed by atoms with E-state index >= 15 is 0 Å². The van der Waals surface area contributed by atoms with Gasteiger partial charge in [-0.05, 0) is 12.0 Å². The Morgan fingerprint density at radius 2 is 1.89 bits per heavy atom. The summed E-state index contributed by atoms with van der Waals surface area (Å²) in [5.41, 5.74) is 6.33. The molecule has 3 N–H and O–H groups in total. The van der Waals surface area contributed by atoms with Gasteiger partial charge in [0, 0.05) is 12.8 Å². The van der Waals surface area contributed by atoms with Crippen LogP contribution in [0, 0.1) is 0 Å². The standard InChI is InChI=1S/C14H18N2O3/c15-14(9-19-10-14)8-13(18)16-12(17)7-6-11-4-2-1-3-5-11/h1-5H,6-10,15H2,(H,16,17,18).